The molecule has 0 fully saturated rings. The zero-order valence-electron chi connectivity index (χ0n) is 9.33. The summed E-state index contributed by atoms with van der Waals surface area (Å²) in [5.41, 5.74) is 7.20. The van der Waals surface area contributed by atoms with E-state index < -0.39 is 5.97 Å². The first kappa shape index (κ1) is 11.1. The van der Waals surface area contributed by atoms with Crippen LogP contribution < -0.4 is 5.73 Å². The van der Waals surface area contributed by atoms with E-state index in [1.54, 1.807) is 25.1 Å². The van der Waals surface area contributed by atoms with Gasteiger partial charge in [0.1, 0.15) is 0 Å². The number of carbonyl (C=O) groups excluding carboxylic acids is 1. The Balaban J connectivity index is 2.27. The van der Waals surface area contributed by atoms with Gasteiger partial charge in [-0.15, -0.1) is 5.10 Å². The number of nitrogens with zero attached hydrogens (tertiary/aromatic N) is 3. The van der Waals surface area contributed by atoms with Gasteiger partial charge in [-0.1, -0.05) is 11.3 Å². The van der Waals surface area contributed by atoms with Crippen LogP contribution in [0.15, 0.2) is 30.5 Å². The molecule has 0 amide bonds. The van der Waals surface area contributed by atoms with E-state index in [9.17, 15) is 4.79 Å². The van der Waals surface area contributed by atoms with E-state index in [1.165, 1.54) is 10.9 Å². The summed E-state index contributed by atoms with van der Waals surface area (Å²) >= 11 is 0. The molecule has 1 aromatic heterocycles. The van der Waals surface area contributed by atoms with Crippen molar-refractivity contribution in [3.8, 4) is 5.69 Å². The van der Waals surface area contributed by atoms with Gasteiger partial charge in [0.25, 0.3) is 0 Å². The fourth-order valence-corrected chi connectivity index (χ4v) is 1.36. The van der Waals surface area contributed by atoms with Gasteiger partial charge in [0, 0.05) is 5.69 Å². The SMILES string of the molecule is CCOC(=O)c1cn(-c2cccc(N)c2)nn1. The summed E-state index contributed by atoms with van der Waals surface area (Å²) in [5, 5.41) is 7.58. The zero-order chi connectivity index (χ0) is 12.3. The molecule has 6 nitrogen and oxygen atoms in total. The lowest BCUT2D eigenvalue weighted by molar-refractivity contribution is 0.0519. The van der Waals surface area contributed by atoms with Gasteiger partial charge in [0.05, 0.1) is 18.5 Å². The van der Waals surface area contributed by atoms with Gasteiger partial charge in [-0.25, -0.2) is 9.48 Å². The zero-order valence-corrected chi connectivity index (χ0v) is 9.33. The van der Waals surface area contributed by atoms with E-state index in [0.717, 1.165) is 5.69 Å². The standard InChI is InChI=1S/C11H12N4O2/c1-2-17-11(16)10-7-15(14-13-10)9-5-3-4-8(12)6-9/h3-7H,2,12H2,1H3. The number of rotatable bonds is 3. The molecule has 2 aromatic rings. The molecule has 88 valence electrons. The molecule has 1 heterocycles. The molecule has 0 aliphatic rings. The number of carbonyl (C=O) groups is 1. The van der Waals surface area contributed by atoms with E-state index in [4.69, 9.17) is 10.5 Å². The predicted molar refractivity (Wildman–Crippen MR) is 61.7 cm³/mol. The maximum absolute atomic E-state index is 11.4. The summed E-state index contributed by atoms with van der Waals surface area (Å²) in [7, 11) is 0. The molecule has 0 aliphatic carbocycles. The number of anilines is 1. The molecule has 0 aliphatic heterocycles. The van der Waals surface area contributed by atoms with Crippen molar-refractivity contribution in [2.24, 2.45) is 0 Å². The fourth-order valence-electron chi connectivity index (χ4n) is 1.36. The molecule has 0 radical (unpaired) electrons. The number of benzene rings is 1. The number of esters is 1. The van der Waals surface area contributed by atoms with E-state index >= 15 is 0 Å². The molecule has 0 saturated heterocycles. The Labute approximate surface area is 98.0 Å². The second-order valence-electron chi connectivity index (χ2n) is 3.36. The minimum Gasteiger partial charge on any atom is -0.461 e. The summed E-state index contributed by atoms with van der Waals surface area (Å²) in [4.78, 5) is 11.4. The predicted octanol–water partition coefficient (Wildman–Crippen LogP) is 1.03. The van der Waals surface area contributed by atoms with Crippen LogP contribution in [-0.2, 0) is 4.74 Å². The molecule has 0 unspecified atom stereocenters. The van der Waals surface area contributed by atoms with Gasteiger partial charge in [-0.05, 0) is 25.1 Å². The Morgan fingerprint density at radius 1 is 1.53 bits per heavy atom. The summed E-state index contributed by atoms with van der Waals surface area (Å²) in [6.45, 7) is 2.05. The van der Waals surface area contributed by atoms with E-state index in [2.05, 4.69) is 10.3 Å². The number of nitrogens with two attached hydrogens (primary N) is 1. The van der Waals surface area contributed by atoms with Crippen molar-refractivity contribution in [2.75, 3.05) is 12.3 Å². The van der Waals surface area contributed by atoms with Crippen molar-refractivity contribution in [3.63, 3.8) is 0 Å². The van der Waals surface area contributed by atoms with E-state index in [1.807, 2.05) is 6.07 Å². The highest BCUT2D eigenvalue weighted by molar-refractivity contribution is 5.86. The highest BCUT2D eigenvalue weighted by atomic mass is 16.5. The molecule has 0 bridgehead atoms. The van der Waals surface area contributed by atoms with Crippen molar-refractivity contribution in [1.29, 1.82) is 0 Å². The van der Waals surface area contributed by atoms with Gasteiger partial charge in [-0.2, -0.15) is 0 Å². The van der Waals surface area contributed by atoms with Crippen LogP contribution in [0.25, 0.3) is 5.69 Å². The van der Waals surface area contributed by atoms with Gasteiger partial charge in [-0.3, -0.25) is 0 Å². The highest BCUT2D eigenvalue weighted by Crippen LogP contribution is 2.11. The minimum atomic E-state index is -0.484. The monoisotopic (exact) mass is 232 g/mol. The lowest BCUT2D eigenvalue weighted by Crippen LogP contribution is -2.04. The molecule has 1 aromatic carbocycles. The van der Waals surface area contributed by atoms with Crippen LogP contribution in [0, 0.1) is 0 Å². The summed E-state index contributed by atoms with van der Waals surface area (Å²) < 4.78 is 6.30. The van der Waals surface area contributed by atoms with Crippen molar-refractivity contribution in [3.05, 3.63) is 36.2 Å². The van der Waals surface area contributed by atoms with Crippen LogP contribution in [-0.4, -0.2) is 27.6 Å². The van der Waals surface area contributed by atoms with Crippen molar-refractivity contribution in [1.82, 2.24) is 15.0 Å². The summed E-state index contributed by atoms with van der Waals surface area (Å²) in [6, 6.07) is 7.13. The lowest BCUT2D eigenvalue weighted by atomic mass is 10.3. The Morgan fingerprint density at radius 2 is 2.35 bits per heavy atom. The first-order chi connectivity index (χ1) is 8.20. The van der Waals surface area contributed by atoms with Crippen LogP contribution in [0.4, 0.5) is 5.69 Å². The van der Waals surface area contributed by atoms with Gasteiger partial charge < -0.3 is 10.5 Å². The van der Waals surface area contributed by atoms with Crippen LogP contribution in [0.2, 0.25) is 0 Å². The second-order valence-corrected chi connectivity index (χ2v) is 3.36. The minimum absolute atomic E-state index is 0.175. The van der Waals surface area contributed by atoms with Crippen LogP contribution in [0.3, 0.4) is 0 Å². The second kappa shape index (κ2) is 4.65. The van der Waals surface area contributed by atoms with E-state index in [0.29, 0.717) is 12.3 Å². The highest BCUT2D eigenvalue weighted by Gasteiger charge is 2.12. The van der Waals surface area contributed by atoms with E-state index in [-0.39, 0.29) is 5.69 Å². The number of ether oxygens (including phenoxy) is 1. The average Bonchev–Trinajstić information content (AvgIpc) is 2.78. The molecule has 6 heteroatoms. The third-order valence-corrected chi connectivity index (χ3v) is 2.11. The molecule has 0 atom stereocenters. The van der Waals surface area contributed by atoms with Crippen LogP contribution >= 0.6 is 0 Å². The smallest absolute Gasteiger partial charge is 0.360 e. The molecular formula is C11H12N4O2. The lowest BCUT2D eigenvalue weighted by Gasteiger charge is -2.00. The average molecular weight is 232 g/mol. The maximum atomic E-state index is 11.4. The third-order valence-electron chi connectivity index (χ3n) is 2.11. The largest absolute Gasteiger partial charge is 0.461 e. The number of nitrogen functional groups attached to an aromatic ring is 1. The molecule has 0 spiro atoms. The van der Waals surface area contributed by atoms with Crippen molar-refractivity contribution < 1.29 is 9.53 Å². The molecule has 17 heavy (non-hydrogen) atoms. The molecular weight excluding hydrogens is 220 g/mol. The maximum Gasteiger partial charge on any atom is 0.360 e. The molecule has 2 rings (SSSR count). The Kier molecular flexibility index (Phi) is 3.04. The molecule has 2 N–H and O–H groups in total. The van der Waals surface area contributed by atoms with Crippen LogP contribution in [0.1, 0.15) is 17.4 Å². The van der Waals surface area contributed by atoms with Crippen molar-refractivity contribution >= 4 is 11.7 Å². The fraction of sp³-hybridized carbons (Fsp3) is 0.182. The first-order valence-corrected chi connectivity index (χ1v) is 5.16. The number of hydrogen-bond donors (Lipinski definition) is 1. The van der Waals surface area contributed by atoms with Crippen molar-refractivity contribution in [2.45, 2.75) is 6.92 Å². The Morgan fingerprint density at radius 3 is 3.06 bits per heavy atom. The Hall–Kier alpha value is -2.37. The summed E-state index contributed by atoms with van der Waals surface area (Å²) in [5.74, 6) is -0.484. The number of aromatic nitrogens is 3. The van der Waals surface area contributed by atoms with Crippen LogP contribution in [0.5, 0.6) is 0 Å². The van der Waals surface area contributed by atoms with Gasteiger partial charge in [0.2, 0.25) is 0 Å². The van der Waals surface area contributed by atoms with Gasteiger partial charge in [0.15, 0.2) is 5.69 Å². The number of hydrogen-bond acceptors (Lipinski definition) is 5. The first-order valence-electron chi connectivity index (χ1n) is 5.16. The normalized spacial score (nSPS) is 10.2. The Bertz CT molecular complexity index is 536. The van der Waals surface area contributed by atoms with Gasteiger partial charge >= 0.3 is 5.97 Å². The third kappa shape index (κ3) is 2.41. The quantitative estimate of drug-likeness (QED) is 0.631. The topological polar surface area (TPSA) is 83.0 Å². The molecule has 0 saturated carbocycles. The summed E-state index contributed by atoms with van der Waals surface area (Å²) in [6.07, 6.45) is 1.51.